The van der Waals surface area contributed by atoms with Crippen LogP contribution in [0, 0.1) is 0 Å². The maximum atomic E-state index is 10.2. The Morgan fingerprint density at radius 3 is 2.77 bits per heavy atom. The first-order valence-corrected chi connectivity index (χ1v) is 5.67. The molecule has 1 aliphatic rings. The van der Waals surface area contributed by atoms with Crippen molar-refractivity contribution in [2.24, 2.45) is 5.73 Å². The minimum Gasteiger partial charge on any atom is -0.450 e. The molecule has 0 aliphatic carbocycles. The molecular formula is C8H16N2O2S. The number of nitrogens with two attached hydrogens (primary N) is 1. The highest BCUT2D eigenvalue weighted by Crippen LogP contribution is 2.08. The second kappa shape index (κ2) is 6.10. The second-order valence-electron chi connectivity index (χ2n) is 2.98. The van der Waals surface area contributed by atoms with E-state index in [-0.39, 0.29) is 0 Å². The summed E-state index contributed by atoms with van der Waals surface area (Å²) in [6, 6.07) is 0. The van der Waals surface area contributed by atoms with Gasteiger partial charge in [0.2, 0.25) is 0 Å². The molecule has 1 fully saturated rings. The summed E-state index contributed by atoms with van der Waals surface area (Å²) in [5.41, 5.74) is 4.83. The van der Waals surface area contributed by atoms with Crippen LogP contribution in [0.1, 0.15) is 6.42 Å². The van der Waals surface area contributed by atoms with Gasteiger partial charge in [-0.3, -0.25) is 0 Å². The second-order valence-corrected chi connectivity index (χ2v) is 4.20. The molecule has 5 heteroatoms. The molecule has 0 atom stereocenters. The van der Waals surface area contributed by atoms with Gasteiger partial charge in [-0.1, -0.05) is 0 Å². The number of rotatable bonds is 4. The van der Waals surface area contributed by atoms with E-state index in [0.717, 1.165) is 26.1 Å². The molecule has 0 bridgehead atoms. The molecule has 76 valence electrons. The van der Waals surface area contributed by atoms with Crippen molar-refractivity contribution in [3.8, 4) is 0 Å². The molecule has 0 radical (unpaired) electrons. The topological polar surface area (TPSA) is 55.6 Å². The standard InChI is InChI=1S/C8H16N2O2S/c9-8(11)12-5-1-2-10-3-6-13-7-4-10/h1-7H2,(H2,9,11). The lowest BCUT2D eigenvalue weighted by atomic mass is 10.4. The summed E-state index contributed by atoms with van der Waals surface area (Å²) >= 11 is 2.00. The largest absolute Gasteiger partial charge is 0.450 e. The number of nitrogens with zero attached hydrogens (tertiary/aromatic N) is 1. The molecule has 0 unspecified atom stereocenters. The summed E-state index contributed by atoms with van der Waals surface area (Å²) in [5.74, 6) is 2.44. The average Bonchev–Trinajstić information content (AvgIpc) is 2.14. The normalized spacial score (nSPS) is 18.5. The number of carbonyl (C=O) groups is 1. The van der Waals surface area contributed by atoms with Crippen LogP contribution >= 0.6 is 11.8 Å². The van der Waals surface area contributed by atoms with E-state index in [1.807, 2.05) is 11.8 Å². The number of carbonyl (C=O) groups excluding carboxylic acids is 1. The first-order chi connectivity index (χ1) is 6.29. The van der Waals surface area contributed by atoms with Crippen molar-refractivity contribution in [2.45, 2.75) is 6.42 Å². The van der Waals surface area contributed by atoms with Gasteiger partial charge >= 0.3 is 6.09 Å². The van der Waals surface area contributed by atoms with Crippen molar-refractivity contribution in [1.82, 2.24) is 4.90 Å². The molecule has 0 saturated carbocycles. The molecule has 4 nitrogen and oxygen atoms in total. The molecule has 1 heterocycles. The van der Waals surface area contributed by atoms with E-state index in [1.54, 1.807) is 0 Å². The van der Waals surface area contributed by atoms with Gasteiger partial charge in [0.05, 0.1) is 6.61 Å². The Hall–Kier alpha value is -0.420. The van der Waals surface area contributed by atoms with E-state index in [2.05, 4.69) is 9.64 Å². The van der Waals surface area contributed by atoms with Crippen molar-refractivity contribution >= 4 is 17.9 Å². The Morgan fingerprint density at radius 1 is 1.46 bits per heavy atom. The van der Waals surface area contributed by atoms with Gasteiger partial charge in [0.15, 0.2) is 0 Å². The zero-order valence-corrected chi connectivity index (χ0v) is 8.52. The van der Waals surface area contributed by atoms with Gasteiger partial charge in [0.1, 0.15) is 0 Å². The highest BCUT2D eigenvalue weighted by atomic mass is 32.2. The molecule has 0 aromatic carbocycles. The molecule has 1 amide bonds. The van der Waals surface area contributed by atoms with Crippen LogP contribution in [0.3, 0.4) is 0 Å². The molecule has 0 spiro atoms. The lowest BCUT2D eigenvalue weighted by molar-refractivity contribution is 0.149. The van der Waals surface area contributed by atoms with Crippen molar-refractivity contribution in [3.63, 3.8) is 0 Å². The Morgan fingerprint density at radius 2 is 2.15 bits per heavy atom. The predicted molar refractivity (Wildman–Crippen MR) is 53.9 cm³/mol. The van der Waals surface area contributed by atoms with Crippen molar-refractivity contribution in [2.75, 3.05) is 37.7 Å². The minimum atomic E-state index is -0.672. The molecule has 2 N–H and O–H groups in total. The first-order valence-electron chi connectivity index (χ1n) is 4.51. The van der Waals surface area contributed by atoms with E-state index in [4.69, 9.17) is 5.73 Å². The number of amides is 1. The van der Waals surface area contributed by atoms with Gasteiger partial charge in [-0.15, -0.1) is 0 Å². The first kappa shape index (κ1) is 10.7. The number of ether oxygens (including phenoxy) is 1. The van der Waals surface area contributed by atoms with Crippen LogP contribution < -0.4 is 5.73 Å². The van der Waals surface area contributed by atoms with E-state index < -0.39 is 6.09 Å². The Kier molecular flexibility index (Phi) is 5.00. The lowest BCUT2D eigenvalue weighted by Gasteiger charge is -2.25. The summed E-state index contributed by atoms with van der Waals surface area (Å²) in [6.07, 6.45) is 0.211. The zero-order chi connectivity index (χ0) is 9.52. The molecule has 0 aromatic heterocycles. The summed E-state index contributed by atoms with van der Waals surface area (Å²) in [4.78, 5) is 12.6. The zero-order valence-electron chi connectivity index (χ0n) is 7.70. The quantitative estimate of drug-likeness (QED) is 0.678. The molecule has 1 aliphatic heterocycles. The van der Waals surface area contributed by atoms with E-state index in [0.29, 0.717) is 6.61 Å². The fourth-order valence-electron chi connectivity index (χ4n) is 1.29. The highest BCUT2D eigenvalue weighted by molar-refractivity contribution is 7.99. The molecule has 1 saturated heterocycles. The molecule has 13 heavy (non-hydrogen) atoms. The third kappa shape index (κ3) is 5.00. The lowest BCUT2D eigenvalue weighted by Crippen LogP contribution is -2.34. The summed E-state index contributed by atoms with van der Waals surface area (Å²) in [7, 11) is 0. The number of hydrogen-bond donors (Lipinski definition) is 1. The third-order valence-corrected chi connectivity index (χ3v) is 2.91. The van der Waals surface area contributed by atoms with Gasteiger partial charge in [0.25, 0.3) is 0 Å². The fraction of sp³-hybridized carbons (Fsp3) is 0.875. The van der Waals surface area contributed by atoms with Crippen LogP contribution in [-0.4, -0.2) is 48.7 Å². The van der Waals surface area contributed by atoms with E-state index in [1.165, 1.54) is 11.5 Å². The Labute approximate surface area is 82.8 Å². The Bertz CT molecular complexity index is 160. The van der Waals surface area contributed by atoms with Crippen molar-refractivity contribution < 1.29 is 9.53 Å². The predicted octanol–water partition coefficient (Wildman–Crippen LogP) is 0.521. The molecule has 1 rings (SSSR count). The van der Waals surface area contributed by atoms with E-state index in [9.17, 15) is 4.79 Å². The Balaban J connectivity index is 1.95. The summed E-state index contributed by atoms with van der Waals surface area (Å²) < 4.78 is 4.64. The van der Waals surface area contributed by atoms with Crippen LogP contribution in [0.2, 0.25) is 0 Å². The van der Waals surface area contributed by atoms with Gasteiger partial charge in [-0.2, -0.15) is 11.8 Å². The van der Waals surface area contributed by atoms with Gasteiger partial charge in [-0.05, 0) is 6.42 Å². The van der Waals surface area contributed by atoms with Crippen molar-refractivity contribution in [3.05, 3.63) is 0 Å². The summed E-state index contributed by atoms with van der Waals surface area (Å²) in [6.45, 7) is 3.76. The smallest absolute Gasteiger partial charge is 0.404 e. The van der Waals surface area contributed by atoms with Crippen LogP contribution in [0.15, 0.2) is 0 Å². The van der Waals surface area contributed by atoms with Gasteiger partial charge in [-0.25, -0.2) is 4.79 Å². The van der Waals surface area contributed by atoms with Gasteiger partial charge < -0.3 is 15.4 Å². The van der Waals surface area contributed by atoms with Crippen LogP contribution in [0.25, 0.3) is 0 Å². The molecular weight excluding hydrogens is 188 g/mol. The maximum absolute atomic E-state index is 10.2. The highest BCUT2D eigenvalue weighted by Gasteiger charge is 2.09. The number of hydrogen-bond acceptors (Lipinski definition) is 4. The third-order valence-electron chi connectivity index (χ3n) is 1.97. The minimum absolute atomic E-state index is 0.443. The van der Waals surface area contributed by atoms with E-state index >= 15 is 0 Å². The SMILES string of the molecule is NC(=O)OCCCN1CCSCC1. The fourth-order valence-corrected chi connectivity index (χ4v) is 2.26. The summed E-state index contributed by atoms with van der Waals surface area (Å²) in [5, 5.41) is 0. The number of primary amides is 1. The van der Waals surface area contributed by atoms with Crippen LogP contribution in [0.5, 0.6) is 0 Å². The molecule has 0 aromatic rings. The van der Waals surface area contributed by atoms with Crippen molar-refractivity contribution in [1.29, 1.82) is 0 Å². The monoisotopic (exact) mass is 204 g/mol. The average molecular weight is 204 g/mol. The van der Waals surface area contributed by atoms with Crippen LogP contribution in [-0.2, 0) is 4.74 Å². The number of thioether (sulfide) groups is 1. The maximum Gasteiger partial charge on any atom is 0.404 e. The van der Waals surface area contributed by atoms with Gasteiger partial charge in [0, 0.05) is 31.1 Å². The van der Waals surface area contributed by atoms with Crippen LogP contribution in [0.4, 0.5) is 4.79 Å².